The zero-order chi connectivity index (χ0) is 47.2. The number of benzene rings is 2. The molecule has 2 aromatic rings. The van der Waals surface area contributed by atoms with Gasteiger partial charge in [0.2, 0.25) is 0 Å². The Bertz CT molecular complexity index is 1730. The van der Waals surface area contributed by atoms with E-state index in [0.29, 0.717) is 53.1 Å². The largest absolute Gasteiger partial charge is 0.504 e. The van der Waals surface area contributed by atoms with Crippen LogP contribution in [-0.2, 0) is 54.3 Å². The van der Waals surface area contributed by atoms with Gasteiger partial charge in [-0.1, -0.05) is 67.5 Å². The normalized spacial score (nSPS) is 20.0. The average molecular weight is 885 g/mol. The second-order valence-corrected chi connectivity index (χ2v) is 18.8. The molecule has 2 aromatic carbocycles. The summed E-state index contributed by atoms with van der Waals surface area (Å²) in [7, 11) is 3.20. The predicted octanol–water partition coefficient (Wildman–Crippen LogP) is 6.79. The van der Waals surface area contributed by atoms with E-state index in [0.717, 1.165) is 38.8 Å². The summed E-state index contributed by atoms with van der Waals surface area (Å²) in [6.45, 7) is 23.4. The van der Waals surface area contributed by atoms with E-state index in [9.17, 15) is 9.90 Å². The molecule has 0 saturated carbocycles. The zero-order valence-electron chi connectivity index (χ0n) is 39.6. The molecule has 63 heavy (non-hydrogen) atoms. The van der Waals surface area contributed by atoms with Crippen molar-refractivity contribution in [2.45, 2.75) is 125 Å². The molecular weight excluding hydrogens is 809 g/mol. The number of carbonyl (C=O) groups excluding carboxylic acids is 5. The molecule has 354 valence electrons. The number of methoxy groups -OCH3 is 2. The van der Waals surface area contributed by atoms with Crippen molar-refractivity contribution in [3.63, 3.8) is 0 Å². The van der Waals surface area contributed by atoms with Gasteiger partial charge in [-0.15, -0.1) is 0 Å². The van der Waals surface area contributed by atoms with Crippen molar-refractivity contribution in [1.82, 2.24) is 15.1 Å². The molecule has 2 heterocycles. The van der Waals surface area contributed by atoms with Gasteiger partial charge < -0.3 is 44.7 Å². The lowest BCUT2D eigenvalue weighted by atomic mass is 9.75. The van der Waals surface area contributed by atoms with Gasteiger partial charge in [-0.05, 0) is 136 Å². The first-order chi connectivity index (χ1) is 29.9. The number of ether oxygens (including phenoxy) is 5. The molecule has 4 N–H and O–H groups in total. The van der Waals surface area contributed by atoms with Crippen LogP contribution in [0.3, 0.4) is 0 Å². The highest BCUT2D eigenvalue weighted by molar-refractivity contribution is 5.72. The maximum Gasteiger partial charge on any atom is 0.412 e. The molecule has 15 heteroatoms. The number of aromatic hydroxyl groups is 1. The van der Waals surface area contributed by atoms with Crippen LogP contribution < -0.4 is 25.3 Å². The van der Waals surface area contributed by atoms with Gasteiger partial charge in [-0.2, -0.15) is 19.2 Å². The summed E-state index contributed by atoms with van der Waals surface area (Å²) in [5.74, 6) is 3.28. The lowest BCUT2D eigenvalue weighted by Crippen LogP contribution is -2.49. The van der Waals surface area contributed by atoms with E-state index in [1.807, 2.05) is 6.07 Å². The summed E-state index contributed by atoms with van der Waals surface area (Å²) < 4.78 is 27.4. The van der Waals surface area contributed by atoms with Crippen LogP contribution >= 0.6 is 0 Å². The van der Waals surface area contributed by atoms with Crippen molar-refractivity contribution in [1.29, 1.82) is 0 Å². The van der Waals surface area contributed by atoms with Crippen molar-refractivity contribution >= 4 is 18.4 Å². The van der Waals surface area contributed by atoms with Crippen LogP contribution in [0.4, 0.5) is 4.79 Å². The molecule has 2 aliphatic heterocycles. The summed E-state index contributed by atoms with van der Waals surface area (Å²) in [5.41, 5.74) is 10.6. The molecule has 15 nitrogen and oxygen atoms in total. The molecule has 1 amide bonds. The van der Waals surface area contributed by atoms with Crippen LogP contribution in [0.25, 0.3) is 0 Å². The second kappa shape index (κ2) is 27.8. The topological polar surface area (TPSA) is 196 Å². The summed E-state index contributed by atoms with van der Waals surface area (Å²) in [6, 6.07) is 9.04. The zero-order valence-corrected chi connectivity index (χ0v) is 39.6. The van der Waals surface area contributed by atoms with Crippen molar-refractivity contribution in [2.75, 3.05) is 67.1 Å². The minimum absolute atomic E-state index is 0.00853. The lowest BCUT2D eigenvalue weighted by molar-refractivity contribution is -0.193. The molecule has 2 saturated heterocycles. The number of rotatable bonds is 11. The minimum atomic E-state index is -0.453. The van der Waals surface area contributed by atoms with Crippen LogP contribution in [0.1, 0.15) is 110 Å². The number of likely N-dealkylation sites (N-methyl/N-ethyl adjacent to an activating group) is 1. The number of phenols is 1. The maximum absolute atomic E-state index is 12.3. The van der Waals surface area contributed by atoms with E-state index in [1.54, 1.807) is 20.3 Å². The van der Waals surface area contributed by atoms with Crippen LogP contribution in [0.5, 0.6) is 23.0 Å². The maximum atomic E-state index is 12.3. The highest BCUT2D eigenvalue weighted by atomic mass is 16.7. The van der Waals surface area contributed by atoms with E-state index in [1.165, 1.54) is 74.0 Å². The van der Waals surface area contributed by atoms with Gasteiger partial charge in [0.05, 0.1) is 0 Å². The van der Waals surface area contributed by atoms with Crippen molar-refractivity contribution in [3.05, 3.63) is 46.5 Å². The van der Waals surface area contributed by atoms with Gasteiger partial charge >= 0.3 is 18.4 Å². The van der Waals surface area contributed by atoms with E-state index >= 15 is 0 Å². The van der Waals surface area contributed by atoms with Gasteiger partial charge in [-0.3, -0.25) is 4.90 Å². The SMILES string of the molecule is CC(C)(C)CN.CCCN1CCC[C@@H]2Cc3c(ccc(O)c3OCOC)C[C@H]21.CCN1CCC[C@@H]2Cc3c(ccc(OC(=O)NCC(C)(C)C)c3OCOC)C[C@H]21.O=C=O.O=C=O. The Labute approximate surface area is 375 Å². The third-order valence-electron chi connectivity index (χ3n) is 11.7. The monoisotopic (exact) mass is 885 g/mol. The van der Waals surface area contributed by atoms with E-state index in [4.69, 9.17) is 48.6 Å². The first kappa shape index (κ1) is 54.8. The number of nitrogens with zero attached hydrogens (tertiary/aromatic N) is 2. The first-order valence-corrected chi connectivity index (χ1v) is 22.3. The van der Waals surface area contributed by atoms with Gasteiger partial charge in [-0.25, -0.2) is 4.79 Å². The van der Waals surface area contributed by atoms with Gasteiger partial charge in [0.15, 0.2) is 36.6 Å². The van der Waals surface area contributed by atoms with Gasteiger partial charge in [0.25, 0.3) is 0 Å². The van der Waals surface area contributed by atoms with Crippen LogP contribution in [0.15, 0.2) is 24.3 Å². The number of hydrogen-bond acceptors (Lipinski definition) is 14. The minimum Gasteiger partial charge on any atom is -0.504 e. The number of nitrogens with one attached hydrogen (secondary N) is 1. The van der Waals surface area contributed by atoms with Crippen LogP contribution in [-0.4, -0.2) is 112 Å². The number of piperidine rings is 2. The number of carbonyl (C=O) groups is 1. The van der Waals surface area contributed by atoms with E-state index in [2.05, 4.69) is 82.6 Å². The van der Waals surface area contributed by atoms with E-state index < -0.39 is 6.09 Å². The Morgan fingerprint density at radius 2 is 1.24 bits per heavy atom. The summed E-state index contributed by atoms with van der Waals surface area (Å²) in [6.07, 6.45) is 10.4. The fraction of sp³-hybridized carbons (Fsp3) is 0.688. The number of likely N-dealkylation sites (tertiary alicyclic amines) is 2. The Balaban J connectivity index is 0.000000352. The quantitative estimate of drug-likeness (QED) is 0.200. The van der Waals surface area contributed by atoms with Crippen LogP contribution in [0, 0.1) is 22.7 Å². The first-order valence-electron chi connectivity index (χ1n) is 22.3. The van der Waals surface area contributed by atoms with Crippen LogP contribution in [0.2, 0.25) is 0 Å². The number of hydrogen-bond donors (Lipinski definition) is 3. The van der Waals surface area contributed by atoms with Gasteiger partial charge in [0.1, 0.15) is 0 Å². The standard InChI is InChI=1S/C23H36N2O4.C18H27NO3.C5H13N.2CO2/c1-6-25-11-7-8-17-12-18-16(13-19(17)25)9-10-20(21(18)28-15-27-5)29-22(26)24-14-23(2,3)4;1-3-8-19-9-4-5-14-10-15-13(11-16(14)19)6-7-17(20)18(15)22-12-21-2;1-5(2,3)4-6;2*2-1-3/h9-10,17,19H,6-8,11-15H2,1-5H3,(H,24,26);6-7,14,16,20H,3-5,8-12H2,1-2H3;4,6H2,1-3H3;;/t17-,19-;14-,16-;;;/m11.../s1. The highest BCUT2D eigenvalue weighted by Crippen LogP contribution is 2.44. The molecule has 0 bridgehead atoms. The summed E-state index contributed by atoms with van der Waals surface area (Å²) >= 11 is 0. The average Bonchev–Trinajstić information content (AvgIpc) is 3.24. The molecule has 2 fully saturated rings. The van der Waals surface area contributed by atoms with E-state index in [-0.39, 0.29) is 37.1 Å². The third-order valence-corrected chi connectivity index (χ3v) is 11.7. The molecule has 0 aromatic heterocycles. The Morgan fingerprint density at radius 3 is 1.71 bits per heavy atom. The summed E-state index contributed by atoms with van der Waals surface area (Å²) in [5, 5.41) is 13.0. The predicted molar refractivity (Wildman–Crippen MR) is 239 cm³/mol. The second-order valence-electron chi connectivity index (χ2n) is 18.8. The van der Waals surface area contributed by atoms with Crippen molar-refractivity contribution in [2.24, 2.45) is 28.4 Å². The number of nitrogens with two attached hydrogens (primary N) is 1. The Hall–Kier alpha value is -4.33. The number of phenolic OH excluding ortho intramolecular Hbond substituents is 1. The number of amides is 1. The molecular formula is C48H76N4O11. The fourth-order valence-electron chi connectivity index (χ4n) is 8.67. The fourth-order valence-corrected chi connectivity index (χ4v) is 8.67. The molecule has 6 rings (SSSR count). The van der Waals surface area contributed by atoms with Crippen molar-refractivity contribution < 1.29 is 52.8 Å². The highest BCUT2D eigenvalue weighted by Gasteiger charge is 2.38. The Kier molecular flexibility index (Phi) is 24.2. The molecule has 4 atom stereocenters. The molecule has 0 unspecified atom stereocenters. The smallest absolute Gasteiger partial charge is 0.412 e. The Morgan fingerprint density at radius 1 is 0.762 bits per heavy atom. The third kappa shape index (κ3) is 18.0. The van der Waals surface area contributed by atoms with Crippen molar-refractivity contribution in [3.8, 4) is 23.0 Å². The molecule has 2 aliphatic carbocycles. The molecule has 4 aliphatic rings. The molecule has 0 radical (unpaired) electrons. The summed E-state index contributed by atoms with van der Waals surface area (Å²) in [4.78, 5) is 50.1. The number of fused-ring (bicyclic) bond motifs is 4. The lowest BCUT2D eigenvalue weighted by Gasteiger charge is -2.45. The molecule has 0 spiro atoms. The van der Waals surface area contributed by atoms with Gasteiger partial charge in [0, 0.05) is 44.0 Å².